The molecule has 0 unspecified atom stereocenters. The summed E-state index contributed by atoms with van der Waals surface area (Å²) in [5, 5.41) is 0. The maximum absolute atomic E-state index is 5.40. The zero-order valence-corrected chi connectivity index (χ0v) is 12.9. The first-order valence-corrected chi connectivity index (χ1v) is 7.41. The summed E-state index contributed by atoms with van der Waals surface area (Å²) < 4.78 is 10.8. The molecule has 0 fully saturated rings. The van der Waals surface area contributed by atoms with Gasteiger partial charge in [0.1, 0.15) is 5.82 Å². The summed E-state index contributed by atoms with van der Waals surface area (Å²) >= 11 is 0. The van der Waals surface area contributed by atoms with Gasteiger partial charge in [-0.2, -0.15) is 0 Å². The van der Waals surface area contributed by atoms with Crippen LogP contribution in [0.3, 0.4) is 0 Å². The predicted molar refractivity (Wildman–Crippen MR) is 86.4 cm³/mol. The first-order valence-electron chi connectivity index (χ1n) is 7.41. The summed E-state index contributed by atoms with van der Waals surface area (Å²) in [6.07, 6.45) is 0. The van der Waals surface area contributed by atoms with Gasteiger partial charge in [0, 0.05) is 17.7 Å². The van der Waals surface area contributed by atoms with Crippen molar-refractivity contribution in [2.75, 3.05) is 6.79 Å². The van der Waals surface area contributed by atoms with Gasteiger partial charge < -0.3 is 14.5 Å². The van der Waals surface area contributed by atoms with E-state index in [9.17, 15) is 0 Å². The van der Waals surface area contributed by atoms with E-state index < -0.39 is 0 Å². The first kappa shape index (κ1) is 13.2. The normalized spacial score (nSPS) is 13.8. The van der Waals surface area contributed by atoms with E-state index >= 15 is 0 Å². The molecule has 4 rings (SSSR count). The quantitative estimate of drug-likeness (QED) is 0.729. The Labute approximate surface area is 129 Å². The number of fused-ring (bicyclic) bond motifs is 2. The molecular formula is C18H18N2O2. The number of nitrogens with zero attached hydrogens (tertiary/aromatic N) is 1. The second-order valence-corrected chi connectivity index (χ2v) is 6.64. The molecule has 1 aliphatic heterocycles. The van der Waals surface area contributed by atoms with Gasteiger partial charge in [0.25, 0.3) is 0 Å². The van der Waals surface area contributed by atoms with Gasteiger partial charge in [-0.05, 0) is 11.0 Å². The van der Waals surface area contributed by atoms with Crippen LogP contribution in [0.15, 0.2) is 36.4 Å². The van der Waals surface area contributed by atoms with Crippen molar-refractivity contribution in [1.29, 1.82) is 0 Å². The summed E-state index contributed by atoms with van der Waals surface area (Å²) in [4.78, 5) is 8.01. The molecule has 0 saturated carbocycles. The molecule has 0 bridgehead atoms. The summed E-state index contributed by atoms with van der Waals surface area (Å²) in [5.74, 6) is 2.39. The predicted octanol–water partition coefficient (Wildman–Crippen LogP) is 4.26. The molecule has 112 valence electrons. The van der Waals surface area contributed by atoms with Crippen molar-refractivity contribution in [2.45, 2.75) is 26.2 Å². The van der Waals surface area contributed by atoms with Gasteiger partial charge in [0.05, 0.1) is 11.0 Å². The van der Waals surface area contributed by atoms with Crippen molar-refractivity contribution in [3.05, 3.63) is 42.0 Å². The van der Waals surface area contributed by atoms with Crippen molar-refractivity contribution >= 4 is 11.0 Å². The summed E-state index contributed by atoms with van der Waals surface area (Å²) in [6.45, 7) is 6.92. The van der Waals surface area contributed by atoms with Crippen LogP contribution in [0.25, 0.3) is 22.4 Å². The van der Waals surface area contributed by atoms with E-state index in [-0.39, 0.29) is 12.2 Å². The Balaban J connectivity index is 1.75. The minimum Gasteiger partial charge on any atom is -0.454 e. The van der Waals surface area contributed by atoms with E-state index in [1.165, 1.54) is 5.56 Å². The highest BCUT2D eigenvalue weighted by molar-refractivity contribution is 5.83. The molecule has 1 aliphatic rings. The average molecular weight is 294 g/mol. The van der Waals surface area contributed by atoms with Gasteiger partial charge in [-0.1, -0.05) is 45.0 Å². The van der Waals surface area contributed by atoms with Gasteiger partial charge in [-0.3, -0.25) is 0 Å². The lowest BCUT2D eigenvalue weighted by molar-refractivity contribution is 0.174. The highest BCUT2D eigenvalue weighted by atomic mass is 16.7. The maximum atomic E-state index is 5.40. The fourth-order valence-electron chi connectivity index (χ4n) is 2.66. The number of H-pyrrole nitrogens is 1. The molecule has 1 aromatic heterocycles. The van der Waals surface area contributed by atoms with Gasteiger partial charge in [0.2, 0.25) is 6.79 Å². The summed E-state index contributed by atoms with van der Waals surface area (Å²) in [6, 6.07) is 12.4. The Morgan fingerprint density at radius 3 is 2.36 bits per heavy atom. The van der Waals surface area contributed by atoms with Crippen LogP contribution < -0.4 is 9.47 Å². The lowest BCUT2D eigenvalue weighted by Gasteiger charge is -2.18. The van der Waals surface area contributed by atoms with Crippen LogP contribution in [-0.4, -0.2) is 16.8 Å². The third-order valence-electron chi connectivity index (χ3n) is 4.00. The highest BCUT2D eigenvalue weighted by Crippen LogP contribution is 2.36. The highest BCUT2D eigenvalue weighted by Gasteiger charge is 2.17. The fourth-order valence-corrected chi connectivity index (χ4v) is 2.66. The Hall–Kier alpha value is -2.49. The molecule has 4 nitrogen and oxygen atoms in total. The van der Waals surface area contributed by atoms with Gasteiger partial charge in [-0.25, -0.2) is 4.98 Å². The minimum atomic E-state index is 0.155. The van der Waals surface area contributed by atoms with E-state index in [0.717, 1.165) is 33.9 Å². The third-order valence-corrected chi connectivity index (χ3v) is 4.00. The van der Waals surface area contributed by atoms with Crippen LogP contribution in [0.5, 0.6) is 11.5 Å². The molecule has 0 atom stereocenters. The number of hydrogen-bond donors (Lipinski definition) is 1. The van der Waals surface area contributed by atoms with E-state index in [1.54, 1.807) is 0 Å². The number of imidazole rings is 1. The van der Waals surface area contributed by atoms with Crippen molar-refractivity contribution < 1.29 is 9.47 Å². The standard InChI is InChI=1S/C18H18N2O2/c1-18(2,3)12-6-4-11(5-7-12)17-19-13-8-15-16(22-10-21-15)9-14(13)20-17/h4-9H,10H2,1-3H3,(H,19,20). The third kappa shape index (κ3) is 2.11. The molecule has 0 radical (unpaired) electrons. The number of hydrogen-bond acceptors (Lipinski definition) is 3. The van der Waals surface area contributed by atoms with Crippen LogP contribution in [0, 0.1) is 0 Å². The van der Waals surface area contributed by atoms with E-state index in [2.05, 4.69) is 55.0 Å². The minimum absolute atomic E-state index is 0.155. The number of nitrogens with one attached hydrogen (secondary N) is 1. The topological polar surface area (TPSA) is 47.1 Å². The lowest BCUT2D eigenvalue weighted by Crippen LogP contribution is -2.10. The van der Waals surface area contributed by atoms with E-state index in [0.29, 0.717) is 0 Å². The van der Waals surface area contributed by atoms with Crippen molar-refractivity contribution in [3.63, 3.8) is 0 Å². The van der Waals surface area contributed by atoms with E-state index in [4.69, 9.17) is 9.47 Å². The SMILES string of the molecule is CC(C)(C)c1ccc(-c2nc3cc4c(cc3[nH]2)OCO4)cc1. The van der Waals surface area contributed by atoms with Gasteiger partial charge in [0.15, 0.2) is 11.5 Å². The average Bonchev–Trinajstić information content (AvgIpc) is 3.09. The van der Waals surface area contributed by atoms with Gasteiger partial charge >= 0.3 is 0 Å². The smallest absolute Gasteiger partial charge is 0.231 e. The number of benzene rings is 2. The molecule has 0 saturated heterocycles. The molecule has 2 aromatic carbocycles. The first-order chi connectivity index (χ1) is 10.5. The van der Waals surface area contributed by atoms with Gasteiger partial charge in [-0.15, -0.1) is 0 Å². The Morgan fingerprint density at radius 2 is 1.68 bits per heavy atom. The molecule has 0 spiro atoms. The molecule has 0 aliphatic carbocycles. The largest absolute Gasteiger partial charge is 0.454 e. The number of ether oxygens (including phenoxy) is 2. The number of aromatic amines is 1. The summed E-state index contributed by atoms with van der Waals surface area (Å²) in [5.41, 5.74) is 4.39. The van der Waals surface area contributed by atoms with Crippen LogP contribution in [-0.2, 0) is 5.41 Å². The summed E-state index contributed by atoms with van der Waals surface area (Å²) in [7, 11) is 0. The van der Waals surface area contributed by atoms with E-state index in [1.807, 2.05) is 12.1 Å². The molecule has 0 amide bonds. The van der Waals surface area contributed by atoms with Crippen molar-refractivity contribution in [3.8, 4) is 22.9 Å². The monoisotopic (exact) mass is 294 g/mol. The van der Waals surface area contributed by atoms with Crippen molar-refractivity contribution in [1.82, 2.24) is 9.97 Å². The Morgan fingerprint density at radius 1 is 1.00 bits per heavy atom. The molecule has 22 heavy (non-hydrogen) atoms. The zero-order chi connectivity index (χ0) is 15.3. The Kier molecular flexibility index (Phi) is 2.70. The number of aromatic nitrogens is 2. The number of rotatable bonds is 1. The second kappa shape index (κ2) is 4.50. The zero-order valence-electron chi connectivity index (χ0n) is 12.9. The Bertz CT molecular complexity index is 801. The molecule has 1 N–H and O–H groups in total. The maximum Gasteiger partial charge on any atom is 0.231 e. The van der Waals surface area contributed by atoms with Crippen LogP contribution >= 0.6 is 0 Å². The lowest BCUT2D eigenvalue weighted by atomic mass is 9.87. The van der Waals surface area contributed by atoms with Crippen LogP contribution in [0.1, 0.15) is 26.3 Å². The van der Waals surface area contributed by atoms with Crippen molar-refractivity contribution in [2.24, 2.45) is 0 Å². The molecule has 2 heterocycles. The second-order valence-electron chi connectivity index (χ2n) is 6.64. The molecule has 4 heteroatoms. The molecule has 3 aromatic rings. The van der Waals surface area contributed by atoms with Crippen LogP contribution in [0.2, 0.25) is 0 Å². The van der Waals surface area contributed by atoms with Crippen LogP contribution in [0.4, 0.5) is 0 Å². The molecular weight excluding hydrogens is 276 g/mol. The fraction of sp³-hybridized carbons (Fsp3) is 0.278.